The number of hydrogen-bond acceptors (Lipinski definition) is 3. The van der Waals surface area contributed by atoms with Crippen LogP contribution in [0.3, 0.4) is 0 Å². The molecular weight excluding hydrogens is 164 g/mol. The predicted octanol–water partition coefficient (Wildman–Crippen LogP) is 0.441. The molecule has 3 nitrogen and oxygen atoms in total. The first-order chi connectivity index (χ1) is 6.26. The zero-order valence-corrected chi connectivity index (χ0v) is 8.79. The molecule has 0 aromatic heterocycles. The third-order valence-electron chi connectivity index (χ3n) is 2.83. The van der Waals surface area contributed by atoms with E-state index in [2.05, 4.69) is 17.1 Å². The van der Waals surface area contributed by atoms with Gasteiger partial charge < -0.3 is 15.3 Å². The van der Waals surface area contributed by atoms with E-state index in [9.17, 15) is 0 Å². The van der Waals surface area contributed by atoms with Gasteiger partial charge in [-0.15, -0.1) is 0 Å². The van der Waals surface area contributed by atoms with Crippen LogP contribution in [-0.4, -0.2) is 48.3 Å². The first-order valence-corrected chi connectivity index (χ1v) is 5.35. The lowest BCUT2D eigenvalue weighted by atomic mass is 10.0. The maximum atomic E-state index is 8.89. The largest absolute Gasteiger partial charge is 0.395 e. The molecule has 0 bridgehead atoms. The van der Waals surface area contributed by atoms with Gasteiger partial charge in [0.1, 0.15) is 0 Å². The highest BCUT2D eigenvalue weighted by Gasteiger charge is 2.18. The molecule has 78 valence electrons. The van der Waals surface area contributed by atoms with Crippen molar-refractivity contribution in [3.63, 3.8) is 0 Å². The van der Waals surface area contributed by atoms with Gasteiger partial charge in [-0.25, -0.2) is 0 Å². The molecule has 1 aliphatic heterocycles. The Morgan fingerprint density at radius 3 is 2.54 bits per heavy atom. The first-order valence-electron chi connectivity index (χ1n) is 5.35. The molecule has 0 unspecified atom stereocenters. The number of likely N-dealkylation sites (tertiary alicyclic amines) is 1. The SMILES string of the molecule is CCN1CCC(N[C@@H](C)CO)CC1. The summed E-state index contributed by atoms with van der Waals surface area (Å²) in [5.74, 6) is 0. The molecule has 3 heteroatoms. The van der Waals surface area contributed by atoms with Gasteiger partial charge in [-0.1, -0.05) is 6.92 Å². The molecule has 0 saturated carbocycles. The van der Waals surface area contributed by atoms with Crippen molar-refractivity contribution in [1.29, 1.82) is 0 Å². The standard InChI is InChI=1S/C10H22N2O/c1-3-12-6-4-10(5-7-12)11-9(2)8-13/h9-11,13H,3-8H2,1-2H3/t9-/m0/s1. The molecule has 1 aliphatic rings. The molecule has 0 spiro atoms. The van der Waals surface area contributed by atoms with E-state index in [1.165, 1.54) is 32.5 Å². The van der Waals surface area contributed by atoms with Crippen molar-refractivity contribution < 1.29 is 5.11 Å². The second-order valence-corrected chi connectivity index (χ2v) is 3.96. The fourth-order valence-electron chi connectivity index (χ4n) is 1.87. The average molecular weight is 186 g/mol. The third kappa shape index (κ3) is 3.63. The third-order valence-corrected chi connectivity index (χ3v) is 2.83. The number of aliphatic hydroxyl groups is 1. The van der Waals surface area contributed by atoms with Crippen LogP contribution in [-0.2, 0) is 0 Å². The molecule has 1 atom stereocenters. The highest BCUT2D eigenvalue weighted by atomic mass is 16.3. The molecular formula is C10H22N2O. The van der Waals surface area contributed by atoms with Crippen LogP contribution in [0.15, 0.2) is 0 Å². The first kappa shape index (κ1) is 11.0. The van der Waals surface area contributed by atoms with Crippen LogP contribution in [0.2, 0.25) is 0 Å². The van der Waals surface area contributed by atoms with E-state index in [-0.39, 0.29) is 12.6 Å². The van der Waals surface area contributed by atoms with Crippen molar-refractivity contribution in [1.82, 2.24) is 10.2 Å². The van der Waals surface area contributed by atoms with E-state index in [1.807, 2.05) is 6.92 Å². The Balaban J connectivity index is 2.17. The summed E-state index contributed by atoms with van der Waals surface area (Å²) >= 11 is 0. The van der Waals surface area contributed by atoms with Crippen LogP contribution in [0.4, 0.5) is 0 Å². The van der Waals surface area contributed by atoms with Gasteiger partial charge in [0.2, 0.25) is 0 Å². The van der Waals surface area contributed by atoms with Crippen molar-refractivity contribution in [2.45, 2.75) is 38.8 Å². The Bertz CT molecular complexity index is 133. The summed E-state index contributed by atoms with van der Waals surface area (Å²) in [6, 6.07) is 0.864. The van der Waals surface area contributed by atoms with Crippen molar-refractivity contribution in [2.75, 3.05) is 26.2 Å². The van der Waals surface area contributed by atoms with E-state index in [4.69, 9.17) is 5.11 Å². The molecule has 1 fully saturated rings. The van der Waals surface area contributed by atoms with Crippen molar-refractivity contribution >= 4 is 0 Å². The molecule has 1 saturated heterocycles. The van der Waals surface area contributed by atoms with Crippen LogP contribution in [0.25, 0.3) is 0 Å². The minimum atomic E-state index is 0.244. The van der Waals surface area contributed by atoms with Gasteiger partial charge in [-0.3, -0.25) is 0 Å². The molecule has 0 aliphatic carbocycles. The van der Waals surface area contributed by atoms with Crippen LogP contribution >= 0.6 is 0 Å². The number of rotatable bonds is 4. The Hall–Kier alpha value is -0.120. The summed E-state index contributed by atoms with van der Waals surface area (Å²) in [5, 5.41) is 12.3. The number of hydrogen-bond donors (Lipinski definition) is 2. The quantitative estimate of drug-likeness (QED) is 0.669. The van der Waals surface area contributed by atoms with Gasteiger partial charge in [-0.2, -0.15) is 0 Å². The normalized spacial score (nSPS) is 23.3. The summed E-state index contributed by atoms with van der Waals surface area (Å²) < 4.78 is 0. The minimum Gasteiger partial charge on any atom is -0.395 e. The summed E-state index contributed by atoms with van der Waals surface area (Å²) in [7, 11) is 0. The van der Waals surface area contributed by atoms with Gasteiger partial charge >= 0.3 is 0 Å². The second kappa shape index (κ2) is 5.58. The van der Waals surface area contributed by atoms with Gasteiger partial charge in [0.25, 0.3) is 0 Å². The molecule has 1 heterocycles. The molecule has 1 rings (SSSR count). The summed E-state index contributed by atoms with van der Waals surface area (Å²) in [4.78, 5) is 2.47. The monoisotopic (exact) mass is 186 g/mol. The predicted molar refractivity (Wildman–Crippen MR) is 54.8 cm³/mol. The van der Waals surface area contributed by atoms with Crippen molar-refractivity contribution in [3.05, 3.63) is 0 Å². The Kier molecular flexibility index (Phi) is 4.70. The summed E-state index contributed by atoms with van der Waals surface area (Å²) in [5.41, 5.74) is 0. The van der Waals surface area contributed by atoms with Crippen molar-refractivity contribution in [3.8, 4) is 0 Å². The zero-order valence-electron chi connectivity index (χ0n) is 8.79. The van der Waals surface area contributed by atoms with Gasteiger partial charge in [0, 0.05) is 12.1 Å². The second-order valence-electron chi connectivity index (χ2n) is 3.96. The topological polar surface area (TPSA) is 35.5 Å². The number of nitrogens with zero attached hydrogens (tertiary/aromatic N) is 1. The summed E-state index contributed by atoms with van der Waals surface area (Å²) in [6.45, 7) is 8.06. The van der Waals surface area contributed by atoms with Gasteiger partial charge in [-0.05, 0) is 39.4 Å². The minimum absolute atomic E-state index is 0.244. The Morgan fingerprint density at radius 1 is 1.46 bits per heavy atom. The van der Waals surface area contributed by atoms with Crippen LogP contribution in [0.1, 0.15) is 26.7 Å². The lowest BCUT2D eigenvalue weighted by Crippen LogP contribution is -2.46. The molecule has 2 N–H and O–H groups in total. The van der Waals surface area contributed by atoms with Crippen LogP contribution in [0.5, 0.6) is 0 Å². The highest BCUT2D eigenvalue weighted by Crippen LogP contribution is 2.10. The van der Waals surface area contributed by atoms with E-state index in [0.717, 1.165) is 0 Å². The number of nitrogens with one attached hydrogen (secondary N) is 1. The molecule has 0 amide bonds. The van der Waals surface area contributed by atoms with E-state index in [1.54, 1.807) is 0 Å². The van der Waals surface area contributed by atoms with Crippen LogP contribution in [0, 0.1) is 0 Å². The maximum Gasteiger partial charge on any atom is 0.0582 e. The number of aliphatic hydroxyl groups excluding tert-OH is 1. The van der Waals surface area contributed by atoms with E-state index < -0.39 is 0 Å². The van der Waals surface area contributed by atoms with E-state index >= 15 is 0 Å². The maximum absolute atomic E-state index is 8.89. The highest BCUT2D eigenvalue weighted by molar-refractivity contribution is 4.78. The summed E-state index contributed by atoms with van der Waals surface area (Å²) in [6.07, 6.45) is 2.44. The Labute approximate surface area is 81.1 Å². The molecule has 0 aromatic rings. The van der Waals surface area contributed by atoms with Gasteiger partial charge in [0.05, 0.1) is 6.61 Å². The van der Waals surface area contributed by atoms with Crippen molar-refractivity contribution in [2.24, 2.45) is 0 Å². The van der Waals surface area contributed by atoms with Gasteiger partial charge in [0.15, 0.2) is 0 Å². The lowest BCUT2D eigenvalue weighted by molar-refractivity contribution is 0.181. The van der Waals surface area contributed by atoms with Crippen LogP contribution < -0.4 is 5.32 Å². The fourth-order valence-corrected chi connectivity index (χ4v) is 1.87. The Morgan fingerprint density at radius 2 is 2.08 bits per heavy atom. The lowest BCUT2D eigenvalue weighted by Gasteiger charge is -2.32. The average Bonchev–Trinajstić information content (AvgIpc) is 2.19. The zero-order chi connectivity index (χ0) is 9.68. The fraction of sp³-hybridized carbons (Fsp3) is 1.00. The number of piperidine rings is 1. The van der Waals surface area contributed by atoms with E-state index in [0.29, 0.717) is 6.04 Å². The molecule has 0 aromatic carbocycles. The smallest absolute Gasteiger partial charge is 0.0582 e. The molecule has 0 radical (unpaired) electrons. The molecule has 13 heavy (non-hydrogen) atoms.